The zero-order valence-corrected chi connectivity index (χ0v) is 16.9. The number of para-hydroxylation sites is 1. The van der Waals surface area contributed by atoms with Gasteiger partial charge in [0.05, 0.1) is 0 Å². The van der Waals surface area contributed by atoms with E-state index in [4.69, 9.17) is 0 Å². The van der Waals surface area contributed by atoms with Crippen LogP contribution in [-0.2, 0) is 22.7 Å². The van der Waals surface area contributed by atoms with Gasteiger partial charge in [-0.05, 0) is 41.4 Å². The van der Waals surface area contributed by atoms with Crippen LogP contribution in [0.2, 0.25) is 0 Å². The summed E-state index contributed by atoms with van der Waals surface area (Å²) in [5.74, 6) is -0.406. The number of rotatable bonds is 6. The molecule has 1 aromatic heterocycles. The second kappa shape index (κ2) is 8.39. The van der Waals surface area contributed by atoms with E-state index in [2.05, 4.69) is 26.6 Å². The Kier molecular flexibility index (Phi) is 5.96. The first-order valence-corrected chi connectivity index (χ1v) is 9.61. The second-order valence-electron chi connectivity index (χ2n) is 6.50. The summed E-state index contributed by atoms with van der Waals surface area (Å²) in [5, 5.41) is 6.69. The lowest BCUT2D eigenvalue weighted by Crippen LogP contribution is -2.45. The lowest BCUT2D eigenvalue weighted by molar-refractivity contribution is -0.128. The van der Waals surface area contributed by atoms with E-state index in [1.165, 1.54) is 0 Å². The van der Waals surface area contributed by atoms with Gasteiger partial charge in [-0.3, -0.25) is 9.59 Å². The van der Waals surface area contributed by atoms with Crippen molar-refractivity contribution >= 4 is 38.6 Å². The van der Waals surface area contributed by atoms with Gasteiger partial charge < -0.3 is 15.2 Å². The molecule has 0 bridgehead atoms. The topological polar surface area (TPSA) is 63.1 Å². The molecule has 2 N–H and O–H groups in total. The smallest absolute Gasteiger partial charge is 0.242 e. The zero-order valence-electron chi connectivity index (χ0n) is 15.3. The van der Waals surface area contributed by atoms with Crippen molar-refractivity contribution in [1.82, 2.24) is 15.2 Å². The van der Waals surface area contributed by atoms with E-state index in [-0.39, 0.29) is 18.4 Å². The Morgan fingerprint density at radius 1 is 1.07 bits per heavy atom. The van der Waals surface area contributed by atoms with Crippen molar-refractivity contribution in [2.75, 3.05) is 0 Å². The Balaban J connectivity index is 1.60. The third-order valence-electron chi connectivity index (χ3n) is 4.54. The molecule has 0 radical (unpaired) electrons. The van der Waals surface area contributed by atoms with Crippen LogP contribution in [0.5, 0.6) is 0 Å². The highest BCUT2D eigenvalue weighted by molar-refractivity contribution is 9.10. The maximum absolute atomic E-state index is 12.5. The Hall–Kier alpha value is -2.60. The van der Waals surface area contributed by atoms with Gasteiger partial charge in [0.2, 0.25) is 11.8 Å². The molecule has 6 heteroatoms. The normalized spacial score (nSPS) is 12.0. The van der Waals surface area contributed by atoms with Gasteiger partial charge in [-0.25, -0.2) is 0 Å². The van der Waals surface area contributed by atoms with Gasteiger partial charge in [-0.15, -0.1) is 0 Å². The van der Waals surface area contributed by atoms with Crippen molar-refractivity contribution in [3.05, 3.63) is 70.3 Å². The average Bonchev–Trinajstić information content (AvgIpc) is 2.92. The van der Waals surface area contributed by atoms with Crippen molar-refractivity contribution in [2.24, 2.45) is 0 Å². The van der Waals surface area contributed by atoms with E-state index in [9.17, 15) is 9.59 Å². The number of carbonyl (C=O) groups is 2. The Labute approximate surface area is 166 Å². The van der Waals surface area contributed by atoms with Crippen LogP contribution in [-0.4, -0.2) is 22.4 Å². The first kappa shape index (κ1) is 19.2. The number of halogens is 1. The minimum Gasteiger partial charge on any atom is -0.350 e. The van der Waals surface area contributed by atoms with Gasteiger partial charge in [0.1, 0.15) is 12.6 Å². The summed E-state index contributed by atoms with van der Waals surface area (Å²) in [5.41, 5.74) is 2.98. The van der Waals surface area contributed by atoms with Crippen LogP contribution in [0, 0.1) is 6.92 Å². The van der Waals surface area contributed by atoms with Crippen LogP contribution in [0.1, 0.15) is 18.2 Å². The van der Waals surface area contributed by atoms with Crippen molar-refractivity contribution in [3.8, 4) is 0 Å². The summed E-state index contributed by atoms with van der Waals surface area (Å²) < 4.78 is 2.93. The molecule has 140 valence electrons. The number of nitrogens with one attached hydrogen (secondary N) is 2. The van der Waals surface area contributed by atoms with Crippen LogP contribution in [0.4, 0.5) is 0 Å². The Morgan fingerprint density at radius 3 is 2.48 bits per heavy atom. The molecule has 5 nitrogen and oxygen atoms in total. The van der Waals surface area contributed by atoms with Crippen molar-refractivity contribution in [2.45, 2.75) is 33.0 Å². The first-order chi connectivity index (χ1) is 13.0. The average molecular weight is 428 g/mol. The number of hydrogen-bond acceptors (Lipinski definition) is 2. The van der Waals surface area contributed by atoms with Gasteiger partial charge in [0.15, 0.2) is 0 Å². The molecule has 1 heterocycles. The molecule has 0 spiro atoms. The highest BCUT2D eigenvalue weighted by Crippen LogP contribution is 2.30. The van der Waals surface area contributed by atoms with E-state index in [0.717, 1.165) is 26.6 Å². The molecule has 2 aromatic carbocycles. The van der Waals surface area contributed by atoms with E-state index >= 15 is 0 Å². The van der Waals surface area contributed by atoms with Gasteiger partial charge in [-0.2, -0.15) is 0 Å². The summed E-state index contributed by atoms with van der Waals surface area (Å²) in [7, 11) is 0. The first-order valence-electron chi connectivity index (χ1n) is 8.81. The van der Waals surface area contributed by atoms with E-state index in [1.54, 1.807) is 6.92 Å². The molecule has 1 unspecified atom stereocenters. The lowest BCUT2D eigenvalue weighted by Gasteiger charge is -2.15. The molecule has 0 saturated heterocycles. The minimum atomic E-state index is -0.605. The number of aromatic nitrogens is 1. The summed E-state index contributed by atoms with van der Waals surface area (Å²) >= 11 is 3.59. The van der Waals surface area contributed by atoms with Crippen LogP contribution < -0.4 is 10.6 Å². The molecular weight excluding hydrogens is 406 g/mol. The van der Waals surface area contributed by atoms with Gasteiger partial charge in [0.25, 0.3) is 0 Å². The molecular formula is C21H22BrN3O2. The predicted molar refractivity (Wildman–Crippen MR) is 110 cm³/mol. The fraction of sp³-hybridized carbons (Fsp3) is 0.238. The van der Waals surface area contributed by atoms with Gasteiger partial charge in [-0.1, -0.05) is 48.5 Å². The molecule has 3 aromatic rings. The van der Waals surface area contributed by atoms with Crippen molar-refractivity contribution in [1.29, 1.82) is 0 Å². The molecule has 0 aliphatic heterocycles. The number of benzene rings is 2. The summed E-state index contributed by atoms with van der Waals surface area (Å²) in [6.45, 7) is 4.25. The molecule has 0 aliphatic carbocycles. The summed E-state index contributed by atoms with van der Waals surface area (Å²) in [6, 6.07) is 17.0. The third kappa shape index (κ3) is 4.39. The molecule has 0 aliphatic rings. The van der Waals surface area contributed by atoms with Crippen molar-refractivity contribution < 1.29 is 9.59 Å². The summed E-state index contributed by atoms with van der Waals surface area (Å²) in [6.07, 6.45) is 0. The molecule has 0 saturated carbocycles. The molecule has 3 rings (SSSR count). The molecule has 1 atom stereocenters. The molecule has 27 heavy (non-hydrogen) atoms. The largest absolute Gasteiger partial charge is 0.350 e. The minimum absolute atomic E-state index is 0.161. The number of amides is 2. The Morgan fingerprint density at radius 2 is 1.74 bits per heavy atom. The SMILES string of the molecule is Cc1c(Br)c2ccccc2n1CC(=O)NC(C)C(=O)NCc1ccccc1. The monoisotopic (exact) mass is 427 g/mol. The second-order valence-corrected chi connectivity index (χ2v) is 7.29. The molecule has 0 fully saturated rings. The van der Waals surface area contributed by atoms with Crippen molar-refractivity contribution in [3.63, 3.8) is 0 Å². The van der Waals surface area contributed by atoms with Gasteiger partial charge in [0, 0.05) is 27.6 Å². The highest BCUT2D eigenvalue weighted by atomic mass is 79.9. The van der Waals surface area contributed by atoms with Crippen LogP contribution in [0.15, 0.2) is 59.1 Å². The highest BCUT2D eigenvalue weighted by Gasteiger charge is 2.18. The van der Waals surface area contributed by atoms with Gasteiger partial charge >= 0.3 is 0 Å². The number of hydrogen-bond donors (Lipinski definition) is 2. The van der Waals surface area contributed by atoms with E-state index in [0.29, 0.717) is 6.54 Å². The lowest BCUT2D eigenvalue weighted by atomic mass is 10.2. The van der Waals surface area contributed by atoms with E-state index < -0.39 is 6.04 Å². The fourth-order valence-electron chi connectivity index (χ4n) is 3.03. The molecule has 2 amide bonds. The third-order valence-corrected chi connectivity index (χ3v) is 5.54. The van der Waals surface area contributed by atoms with Crippen LogP contribution in [0.3, 0.4) is 0 Å². The Bertz CT molecular complexity index is 966. The zero-order chi connectivity index (χ0) is 19.4. The number of fused-ring (bicyclic) bond motifs is 1. The predicted octanol–water partition coefficient (Wildman–Crippen LogP) is 3.53. The fourth-order valence-corrected chi connectivity index (χ4v) is 3.58. The standard InChI is InChI=1S/C21H22BrN3O2/c1-14(21(27)23-12-16-8-4-3-5-9-16)24-19(26)13-25-15(2)20(22)17-10-6-7-11-18(17)25/h3-11,14H,12-13H2,1-2H3,(H,23,27)(H,24,26). The maximum atomic E-state index is 12.5. The quantitative estimate of drug-likeness (QED) is 0.631. The van der Waals surface area contributed by atoms with Crippen LogP contribution in [0.25, 0.3) is 10.9 Å². The summed E-state index contributed by atoms with van der Waals surface area (Å²) in [4.78, 5) is 24.7. The number of nitrogens with zero attached hydrogens (tertiary/aromatic N) is 1. The number of carbonyl (C=O) groups excluding carboxylic acids is 2. The van der Waals surface area contributed by atoms with Crippen LogP contribution >= 0.6 is 15.9 Å². The van der Waals surface area contributed by atoms with E-state index in [1.807, 2.05) is 66.1 Å². The maximum Gasteiger partial charge on any atom is 0.242 e.